The molecule has 0 saturated heterocycles. The van der Waals surface area contributed by atoms with Gasteiger partial charge in [-0.3, -0.25) is 0 Å². The van der Waals surface area contributed by atoms with Crippen LogP contribution in [0.25, 0.3) is 5.57 Å². The summed E-state index contributed by atoms with van der Waals surface area (Å²) < 4.78 is 29.8. The summed E-state index contributed by atoms with van der Waals surface area (Å²) in [6.07, 6.45) is 0. The van der Waals surface area contributed by atoms with Crippen LogP contribution in [0.1, 0.15) is 25.0 Å². The second kappa shape index (κ2) is 9.73. The number of benzene rings is 2. The molecule has 0 atom stereocenters. The van der Waals surface area contributed by atoms with Crippen LogP contribution in [0.5, 0.6) is 11.5 Å². The first-order valence-electron chi connectivity index (χ1n) is 8.46. The van der Waals surface area contributed by atoms with Crippen LogP contribution in [0.3, 0.4) is 0 Å². The van der Waals surface area contributed by atoms with E-state index in [1.54, 1.807) is 45.2 Å². The van der Waals surface area contributed by atoms with Crippen molar-refractivity contribution in [3.05, 3.63) is 65.0 Å². The molecule has 0 spiro atoms. The molecule has 2 aromatic rings. The predicted octanol–water partition coefficient (Wildman–Crippen LogP) is 4.31. The molecule has 0 aliphatic heterocycles. The molecule has 0 fully saturated rings. The molecule has 144 valence electrons. The number of aliphatic carboxylic acids is 1. The summed E-state index contributed by atoms with van der Waals surface area (Å²) in [4.78, 5) is 11.6. The molecule has 0 amide bonds. The van der Waals surface area contributed by atoms with Gasteiger partial charge in [0.25, 0.3) is 0 Å². The zero-order valence-electron chi connectivity index (χ0n) is 15.6. The first-order chi connectivity index (χ1) is 12.9. The molecule has 0 unspecified atom stereocenters. The van der Waals surface area contributed by atoms with Gasteiger partial charge in [0.15, 0.2) is 0 Å². The maximum absolute atomic E-state index is 13.7. The molecule has 0 heterocycles. The normalized spacial score (nSPS) is 10.4. The van der Waals surface area contributed by atoms with Crippen LogP contribution in [0.4, 0.5) is 4.39 Å². The van der Waals surface area contributed by atoms with Crippen molar-refractivity contribution in [3.8, 4) is 11.5 Å². The van der Waals surface area contributed by atoms with Gasteiger partial charge in [0.2, 0.25) is 0 Å². The van der Waals surface area contributed by atoms with Crippen LogP contribution in [-0.2, 0) is 16.1 Å². The van der Waals surface area contributed by atoms with Crippen LogP contribution in [0.2, 0.25) is 0 Å². The summed E-state index contributed by atoms with van der Waals surface area (Å²) in [7, 11) is 1.60. The van der Waals surface area contributed by atoms with Crippen LogP contribution < -0.4 is 9.47 Å². The molecule has 1 N–H and O–H groups in total. The van der Waals surface area contributed by atoms with E-state index < -0.39 is 11.8 Å². The molecule has 0 aliphatic carbocycles. The highest BCUT2D eigenvalue weighted by molar-refractivity contribution is 6.16. The Hall–Kier alpha value is -2.86. The lowest BCUT2D eigenvalue weighted by molar-refractivity contribution is -0.130. The van der Waals surface area contributed by atoms with Crippen molar-refractivity contribution < 1.29 is 28.5 Å². The van der Waals surface area contributed by atoms with Gasteiger partial charge in [0.05, 0.1) is 12.2 Å². The zero-order chi connectivity index (χ0) is 19.8. The third-order valence-electron chi connectivity index (χ3n) is 3.82. The molecule has 0 aliphatic rings. The van der Waals surface area contributed by atoms with Crippen molar-refractivity contribution >= 4 is 11.5 Å². The SMILES string of the molecule is COCCOc1ccc(OCc2cc(F)ccc2C(C(=O)O)=C(C)C)cc1. The van der Waals surface area contributed by atoms with E-state index in [0.717, 1.165) is 0 Å². The van der Waals surface area contributed by atoms with Crippen molar-refractivity contribution in [3.63, 3.8) is 0 Å². The Bertz CT molecular complexity index is 808. The quantitative estimate of drug-likeness (QED) is 0.523. The molecule has 2 aromatic carbocycles. The van der Waals surface area contributed by atoms with Gasteiger partial charge in [0, 0.05) is 12.7 Å². The van der Waals surface area contributed by atoms with E-state index in [-0.39, 0.29) is 12.2 Å². The highest BCUT2D eigenvalue weighted by Crippen LogP contribution is 2.26. The maximum atomic E-state index is 13.7. The van der Waals surface area contributed by atoms with Crippen molar-refractivity contribution in [2.24, 2.45) is 0 Å². The van der Waals surface area contributed by atoms with Gasteiger partial charge in [-0.1, -0.05) is 11.6 Å². The molecule has 0 aromatic heterocycles. The number of halogens is 1. The van der Waals surface area contributed by atoms with Gasteiger partial charge < -0.3 is 19.3 Å². The van der Waals surface area contributed by atoms with E-state index >= 15 is 0 Å². The third kappa shape index (κ3) is 5.82. The number of rotatable bonds is 9. The predicted molar refractivity (Wildman–Crippen MR) is 100 cm³/mol. The average Bonchev–Trinajstić information content (AvgIpc) is 2.62. The fourth-order valence-electron chi connectivity index (χ4n) is 2.56. The summed E-state index contributed by atoms with van der Waals surface area (Å²) in [6, 6.07) is 11.0. The first-order valence-corrected chi connectivity index (χ1v) is 8.46. The standard InChI is InChI=1S/C21H23FO5/c1-14(2)20(21(23)24)19-9-4-16(22)12-15(19)13-27-18-7-5-17(6-8-18)26-11-10-25-3/h4-9,12H,10-11,13H2,1-3H3,(H,23,24). The Balaban J connectivity index is 2.15. The van der Waals surface area contributed by atoms with E-state index in [0.29, 0.717) is 41.4 Å². The third-order valence-corrected chi connectivity index (χ3v) is 3.82. The number of carboxylic acid groups (broad SMARTS) is 1. The molecule has 5 nitrogen and oxygen atoms in total. The molecule has 2 rings (SSSR count). The Morgan fingerprint density at radius 1 is 1.00 bits per heavy atom. The summed E-state index contributed by atoms with van der Waals surface area (Å²) in [5.74, 6) is -0.250. The molecule has 0 bridgehead atoms. The minimum absolute atomic E-state index is 0.0427. The second-order valence-corrected chi connectivity index (χ2v) is 6.08. The Kier molecular flexibility index (Phi) is 7.37. The van der Waals surface area contributed by atoms with E-state index in [9.17, 15) is 14.3 Å². The molecular formula is C21H23FO5. The maximum Gasteiger partial charge on any atom is 0.336 e. The Morgan fingerprint density at radius 2 is 1.63 bits per heavy atom. The number of hydrogen-bond donors (Lipinski definition) is 1. The minimum Gasteiger partial charge on any atom is -0.491 e. The number of methoxy groups -OCH3 is 1. The Morgan fingerprint density at radius 3 is 2.19 bits per heavy atom. The van der Waals surface area contributed by atoms with Gasteiger partial charge in [-0.05, 0) is 55.8 Å². The minimum atomic E-state index is -1.06. The van der Waals surface area contributed by atoms with E-state index in [1.807, 2.05) is 0 Å². The number of allylic oxidation sites excluding steroid dienone is 1. The lowest BCUT2D eigenvalue weighted by Crippen LogP contribution is -2.07. The van der Waals surface area contributed by atoms with Gasteiger partial charge in [-0.25, -0.2) is 9.18 Å². The van der Waals surface area contributed by atoms with E-state index in [1.165, 1.54) is 18.2 Å². The monoisotopic (exact) mass is 374 g/mol. The van der Waals surface area contributed by atoms with Crippen molar-refractivity contribution in [1.29, 1.82) is 0 Å². The lowest BCUT2D eigenvalue weighted by atomic mass is 9.96. The van der Waals surface area contributed by atoms with E-state index in [2.05, 4.69) is 0 Å². The first kappa shape index (κ1) is 20.5. The fraction of sp³-hybridized carbons (Fsp3) is 0.286. The summed E-state index contributed by atoms with van der Waals surface area (Å²) in [5, 5.41) is 9.48. The summed E-state index contributed by atoms with van der Waals surface area (Å²) in [5.41, 5.74) is 1.70. The van der Waals surface area contributed by atoms with Gasteiger partial charge in [0.1, 0.15) is 30.5 Å². The van der Waals surface area contributed by atoms with Crippen LogP contribution in [0, 0.1) is 5.82 Å². The smallest absolute Gasteiger partial charge is 0.336 e. The molecule has 27 heavy (non-hydrogen) atoms. The highest BCUT2D eigenvalue weighted by Gasteiger charge is 2.17. The molecule has 0 radical (unpaired) electrons. The van der Waals surface area contributed by atoms with Crippen molar-refractivity contribution in [1.82, 2.24) is 0 Å². The number of carbonyl (C=O) groups is 1. The van der Waals surface area contributed by atoms with E-state index in [4.69, 9.17) is 14.2 Å². The van der Waals surface area contributed by atoms with Crippen LogP contribution in [-0.4, -0.2) is 31.4 Å². The lowest BCUT2D eigenvalue weighted by Gasteiger charge is -2.14. The Labute approximate surface area is 158 Å². The summed E-state index contributed by atoms with van der Waals surface area (Å²) >= 11 is 0. The number of hydrogen-bond acceptors (Lipinski definition) is 4. The van der Waals surface area contributed by atoms with Gasteiger partial charge in [-0.2, -0.15) is 0 Å². The van der Waals surface area contributed by atoms with Crippen molar-refractivity contribution in [2.45, 2.75) is 20.5 Å². The second-order valence-electron chi connectivity index (χ2n) is 6.08. The number of ether oxygens (including phenoxy) is 3. The zero-order valence-corrected chi connectivity index (χ0v) is 15.6. The molecule has 6 heteroatoms. The highest BCUT2D eigenvalue weighted by atomic mass is 19.1. The fourth-order valence-corrected chi connectivity index (χ4v) is 2.56. The molecular weight excluding hydrogens is 351 g/mol. The number of carboxylic acids is 1. The van der Waals surface area contributed by atoms with Crippen LogP contribution in [0.15, 0.2) is 48.0 Å². The van der Waals surface area contributed by atoms with Gasteiger partial charge in [-0.15, -0.1) is 0 Å². The summed E-state index contributed by atoms with van der Waals surface area (Å²) in [6.45, 7) is 4.40. The van der Waals surface area contributed by atoms with Gasteiger partial charge >= 0.3 is 5.97 Å². The largest absolute Gasteiger partial charge is 0.491 e. The topological polar surface area (TPSA) is 65.0 Å². The molecule has 0 saturated carbocycles. The average molecular weight is 374 g/mol. The van der Waals surface area contributed by atoms with Crippen molar-refractivity contribution in [2.75, 3.05) is 20.3 Å². The van der Waals surface area contributed by atoms with Crippen LogP contribution >= 0.6 is 0 Å².